The van der Waals surface area contributed by atoms with Crippen LogP contribution in [-0.4, -0.2) is 11.2 Å². The maximum atomic E-state index is 9.80. The van der Waals surface area contributed by atoms with Gasteiger partial charge in [-0.25, -0.2) is 0 Å². The van der Waals surface area contributed by atoms with Gasteiger partial charge in [0.05, 0.1) is 6.10 Å². The molecule has 2 atom stereocenters. The van der Waals surface area contributed by atoms with Crippen LogP contribution in [0.15, 0.2) is 23.8 Å². The molecule has 0 spiro atoms. The Morgan fingerprint density at radius 2 is 2.25 bits per heavy atom. The highest BCUT2D eigenvalue weighted by molar-refractivity contribution is 5.27. The second kappa shape index (κ2) is 3.44. The summed E-state index contributed by atoms with van der Waals surface area (Å²) in [6, 6.07) is 0. The predicted octanol–water partition coefficient (Wildman–Crippen LogP) is 2.67. The van der Waals surface area contributed by atoms with Gasteiger partial charge in [0.15, 0.2) is 0 Å². The van der Waals surface area contributed by atoms with E-state index in [-0.39, 0.29) is 11.5 Å². The fourth-order valence-corrected chi connectivity index (χ4v) is 1.69. The van der Waals surface area contributed by atoms with E-state index >= 15 is 0 Å². The van der Waals surface area contributed by atoms with Crippen molar-refractivity contribution in [2.45, 2.75) is 39.7 Å². The average Bonchev–Trinajstić information content (AvgIpc) is 1.99. The standard InChI is InChI=1S/C11H18O/c1-4-6-11(3)7-5-9(2)8-10(11)12/h5,7-8,10,12H,4,6H2,1-3H3. The largest absolute Gasteiger partial charge is 0.388 e. The number of allylic oxidation sites excluding steroid dienone is 2. The molecule has 1 aliphatic carbocycles. The summed E-state index contributed by atoms with van der Waals surface area (Å²) >= 11 is 0. The SMILES string of the molecule is CCCC1(C)C=CC(C)=CC1O. The quantitative estimate of drug-likeness (QED) is 0.668. The normalized spacial score (nSPS) is 35.0. The maximum absolute atomic E-state index is 9.80. The van der Waals surface area contributed by atoms with E-state index in [1.54, 1.807) is 0 Å². The minimum absolute atomic E-state index is 0.0335. The number of hydrogen-bond acceptors (Lipinski definition) is 1. The van der Waals surface area contributed by atoms with Crippen molar-refractivity contribution >= 4 is 0 Å². The molecular formula is C11H18O. The molecule has 0 radical (unpaired) electrons. The second-order valence-corrected chi connectivity index (χ2v) is 3.94. The summed E-state index contributed by atoms with van der Waals surface area (Å²) in [5.41, 5.74) is 1.13. The zero-order chi connectivity index (χ0) is 9.19. The number of hydrogen-bond donors (Lipinski definition) is 1. The Morgan fingerprint density at radius 3 is 2.75 bits per heavy atom. The Hall–Kier alpha value is -0.560. The van der Waals surface area contributed by atoms with Crippen LogP contribution in [0, 0.1) is 5.41 Å². The Morgan fingerprint density at radius 1 is 1.58 bits per heavy atom. The Balaban J connectivity index is 2.76. The average molecular weight is 166 g/mol. The molecule has 0 aromatic carbocycles. The Labute approximate surface area is 74.8 Å². The fourth-order valence-electron chi connectivity index (χ4n) is 1.69. The lowest BCUT2D eigenvalue weighted by Crippen LogP contribution is -2.30. The van der Waals surface area contributed by atoms with Crippen molar-refractivity contribution in [2.24, 2.45) is 5.41 Å². The van der Waals surface area contributed by atoms with Gasteiger partial charge in [-0.05, 0) is 13.3 Å². The molecule has 68 valence electrons. The summed E-state index contributed by atoms with van der Waals surface area (Å²) in [7, 11) is 0. The van der Waals surface area contributed by atoms with Crippen molar-refractivity contribution < 1.29 is 5.11 Å². The van der Waals surface area contributed by atoms with Gasteiger partial charge in [-0.2, -0.15) is 0 Å². The van der Waals surface area contributed by atoms with E-state index in [9.17, 15) is 5.11 Å². The molecule has 2 unspecified atom stereocenters. The molecule has 1 nitrogen and oxygen atoms in total. The molecule has 0 amide bonds. The van der Waals surface area contributed by atoms with Crippen LogP contribution < -0.4 is 0 Å². The monoisotopic (exact) mass is 166 g/mol. The van der Waals surface area contributed by atoms with E-state index < -0.39 is 0 Å². The smallest absolute Gasteiger partial charge is 0.0814 e. The summed E-state index contributed by atoms with van der Waals surface area (Å²) in [5, 5.41) is 9.80. The molecule has 0 heterocycles. The molecule has 0 bridgehead atoms. The molecule has 0 aliphatic heterocycles. The van der Waals surface area contributed by atoms with Crippen LogP contribution in [0.2, 0.25) is 0 Å². The molecule has 0 aromatic heterocycles. The maximum Gasteiger partial charge on any atom is 0.0814 e. The van der Waals surface area contributed by atoms with Crippen LogP contribution >= 0.6 is 0 Å². The van der Waals surface area contributed by atoms with E-state index in [4.69, 9.17) is 0 Å². The topological polar surface area (TPSA) is 20.2 Å². The zero-order valence-electron chi connectivity index (χ0n) is 8.17. The van der Waals surface area contributed by atoms with E-state index in [1.807, 2.05) is 13.0 Å². The van der Waals surface area contributed by atoms with E-state index in [0.717, 1.165) is 18.4 Å². The summed E-state index contributed by atoms with van der Waals surface area (Å²) in [5.74, 6) is 0. The molecule has 1 aliphatic rings. The highest BCUT2D eigenvalue weighted by atomic mass is 16.3. The van der Waals surface area contributed by atoms with Crippen LogP contribution in [0.25, 0.3) is 0 Å². The number of aliphatic hydroxyl groups is 1. The van der Waals surface area contributed by atoms with Crippen LogP contribution in [0.3, 0.4) is 0 Å². The third-order valence-electron chi connectivity index (χ3n) is 2.61. The van der Waals surface area contributed by atoms with Gasteiger partial charge in [0.25, 0.3) is 0 Å². The first kappa shape index (κ1) is 9.53. The van der Waals surface area contributed by atoms with Gasteiger partial charge in [-0.1, -0.05) is 44.1 Å². The molecule has 0 fully saturated rings. The molecule has 1 N–H and O–H groups in total. The lowest BCUT2D eigenvalue weighted by Gasteiger charge is -2.32. The van der Waals surface area contributed by atoms with Gasteiger partial charge in [0, 0.05) is 5.41 Å². The van der Waals surface area contributed by atoms with Crippen LogP contribution in [0.5, 0.6) is 0 Å². The van der Waals surface area contributed by atoms with E-state index in [0.29, 0.717) is 0 Å². The Kier molecular flexibility index (Phi) is 2.73. The molecule has 12 heavy (non-hydrogen) atoms. The minimum Gasteiger partial charge on any atom is -0.388 e. The number of aliphatic hydroxyl groups excluding tert-OH is 1. The molecule has 1 heteroatoms. The van der Waals surface area contributed by atoms with Crippen LogP contribution in [0.4, 0.5) is 0 Å². The summed E-state index contributed by atoms with van der Waals surface area (Å²) in [6.07, 6.45) is 8.04. The molecule has 1 rings (SSSR count). The van der Waals surface area contributed by atoms with Gasteiger partial charge in [-0.15, -0.1) is 0 Å². The zero-order valence-corrected chi connectivity index (χ0v) is 8.17. The minimum atomic E-state index is -0.303. The lowest BCUT2D eigenvalue weighted by atomic mass is 9.76. The van der Waals surface area contributed by atoms with Crippen molar-refractivity contribution in [1.29, 1.82) is 0 Å². The Bertz CT molecular complexity index is 215. The molecule has 0 saturated carbocycles. The first-order valence-electron chi connectivity index (χ1n) is 4.64. The van der Waals surface area contributed by atoms with Crippen LogP contribution in [-0.2, 0) is 0 Å². The predicted molar refractivity (Wildman–Crippen MR) is 51.9 cm³/mol. The van der Waals surface area contributed by atoms with Crippen molar-refractivity contribution in [3.8, 4) is 0 Å². The van der Waals surface area contributed by atoms with Gasteiger partial charge in [0.1, 0.15) is 0 Å². The van der Waals surface area contributed by atoms with E-state index in [2.05, 4.69) is 26.0 Å². The van der Waals surface area contributed by atoms with Crippen LogP contribution in [0.1, 0.15) is 33.6 Å². The third-order valence-corrected chi connectivity index (χ3v) is 2.61. The lowest BCUT2D eigenvalue weighted by molar-refractivity contribution is 0.102. The summed E-state index contributed by atoms with van der Waals surface area (Å²) < 4.78 is 0. The first-order chi connectivity index (χ1) is 5.58. The van der Waals surface area contributed by atoms with Crippen molar-refractivity contribution in [2.75, 3.05) is 0 Å². The van der Waals surface area contributed by atoms with Crippen molar-refractivity contribution in [1.82, 2.24) is 0 Å². The number of rotatable bonds is 2. The van der Waals surface area contributed by atoms with E-state index in [1.165, 1.54) is 0 Å². The third kappa shape index (κ3) is 1.78. The van der Waals surface area contributed by atoms with Gasteiger partial charge < -0.3 is 5.11 Å². The highest BCUT2D eigenvalue weighted by Crippen LogP contribution is 2.33. The second-order valence-electron chi connectivity index (χ2n) is 3.94. The summed E-state index contributed by atoms with van der Waals surface area (Å²) in [6.45, 7) is 6.28. The molecule has 0 saturated heterocycles. The fraction of sp³-hybridized carbons (Fsp3) is 0.636. The first-order valence-corrected chi connectivity index (χ1v) is 4.64. The van der Waals surface area contributed by atoms with Gasteiger partial charge in [0.2, 0.25) is 0 Å². The summed E-state index contributed by atoms with van der Waals surface area (Å²) in [4.78, 5) is 0. The van der Waals surface area contributed by atoms with Crippen molar-refractivity contribution in [3.63, 3.8) is 0 Å². The molecular weight excluding hydrogens is 148 g/mol. The highest BCUT2D eigenvalue weighted by Gasteiger charge is 2.29. The molecule has 0 aromatic rings. The van der Waals surface area contributed by atoms with Crippen molar-refractivity contribution in [3.05, 3.63) is 23.8 Å². The van der Waals surface area contributed by atoms with Gasteiger partial charge >= 0.3 is 0 Å². The van der Waals surface area contributed by atoms with Gasteiger partial charge in [-0.3, -0.25) is 0 Å².